The average Bonchev–Trinajstić information content (AvgIpc) is 3.37. The summed E-state index contributed by atoms with van der Waals surface area (Å²) in [4.78, 5) is 37.7. The van der Waals surface area contributed by atoms with Crippen molar-refractivity contribution in [2.24, 2.45) is 35.5 Å². The topological polar surface area (TPSA) is 66.5 Å². The Hall–Kier alpha value is -2.43. The van der Waals surface area contributed by atoms with Gasteiger partial charge in [0.2, 0.25) is 0 Å². The second-order valence-electron chi connectivity index (χ2n) is 6.97. The molecule has 6 atom stereocenters. The average molecular weight is 308 g/mol. The molecule has 5 heteroatoms. The molecular formula is C18H16N2O3. The van der Waals surface area contributed by atoms with Crippen LogP contribution < -0.4 is 5.43 Å². The number of hydrazine groups is 1. The smallest absolute Gasteiger partial charge is 0.270 e. The van der Waals surface area contributed by atoms with Crippen molar-refractivity contribution in [1.29, 1.82) is 0 Å². The van der Waals surface area contributed by atoms with Gasteiger partial charge in [0.15, 0.2) is 0 Å². The fourth-order valence-electron chi connectivity index (χ4n) is 4.82. The SMILES string of the molecule is O=C(NN1C(=O)[C@@H]2[C@H]3C=C[C@@H]([C@@H]4C[C@H]34)[C@@H]2C1=O)c1ccccc1. The molecule has 116 valence electrons. The fourth-order valence-corrected chi connectivity index (χ4v) is 4.82. The standard InChI is InChI=1S/C18H16N2O3/c21-16(9-4-2-1-3-5-9)19-20-17(22)14-10-6-7-11(13-8-12(10)13)15(14)18(20)23/h1-7,10-15H,8H2,(H,19,21)/t10-,11-,12-,13+,14-,15+/m0/s1. The third-order valence-electron chi connectivity index (χ3n) is 5.91. The van der Waals surface area contributed by atoms with E-state index in [1.807, 2.05) is 6.07 Å². The lowest BCUT2D eigenvalue weighted by molar-refractivity contribution is -0.143. The van der Waals surface area contributed by atoms with Gasteiger partial charge in [-0.05, 0) is 42.2 Å². The third kappa shape index (κ3) is 1.65. The van der Waals surface area contributed by atoms with Gasteiger partial charge in [0.1, 0.15) is 0 Å². The van der Waals surface area contributed by atoms with Gasteiger partial charge in [0.25, 0.3) is 17.7 Å². The molecule has 1 heterocycles. The highest BCUT2D eigenvalue weighted by molar-refractivity contribution is 6.08. The lowest BCUT2D eigenvalue weighted by Crippen LogP contribution is -2.46. The molecule has 5 aliphatic rings. The minimum absolute atomic E-state index is 0.171. The fraction of sp³-hybridized carbons (Fsp3) is 0.389. The maximum atomic E-state index is 12.7. The number of benzene rings is 1. The van der Waals surface area contributed by atoms with E-state index in [1.165, 1.54) is 0 Å². The van der Waals surface area contributed by atoms with Crippen molar-refractivity contribution in [2.75, 3.05) is 0 Å². The first-order valence-corrected chi connectivity index (χ1v) is 8.09. The second-order valence-corrected chi connectivity index (χ2v) is 6.97. The molecular weight excluding hydrogens is 292 g/mol. The van der Waals surface area contributed by atoms with Gasteiger partial charge in [-0.25, -0.2) is 0 Å². The number of imide groups is 1. The summed E-state index contributed by atoms with van der Waals surface area (Å²) < 4.78 is 0. The first kappa shape index (κ1) is 13.0. The summed E-state index contributed by atoms with van der Waals surface area (Å²) in [5, 5.41) is 0.975. The van der Waals surface area contributed by atoms with Gasteiger partial charge in [-0.3, -0.25) is 19.8 Å². The number of nitrogens with zero attached hydrogens (tertiary/aromatic N) is 1. The molecule has 0 spiro atoms. The Kier molecular flexibility index (Phi) is 2.45. The number of rotatable bonds is 2. The lowest BCUT2D eigenvalue weighted by atomic mass is 9.63. The van der Waals surface area contributed by atoms with Crippen molar-refractivity contribution < 1.29 is 14.4 Å². The van der Waals surface area contributed by atoms with Gasteiger partial charge in [0.05, 0.1) is 11.8 Å². The molecule has 1 aliphatic heterocycles. The summed E-state index contributed by atoms with van der Waals surface area (Å²) in [5.74, 6) is 0.00438. The van der Waals surface area contributed by atoms with E-state index < -0.39 is 5.91 Å². The second kappa shape index (κ2) is 4.31. The predicted octanol–water partition coefficient (Wildman–Crippen LogP) is 1.38. The number of hydrogen-bond donors (Lipinski definition) is 1. The number of carbonyl (C=O) groups excluding carboxylic acids is 3. The highest BCUT2D eigenvalue weighted by Crippen LogP contribution is 2.65. The van der Waals surface area contributed by atoms with Gasteiger partial charge in [-0.2, -0.15) is 5.01 Å². The Morgan fingerprint density at radius 3 is 2.09 bits per heavy atom. The molecule has 2 bridgehead atoms. The number of hydrogen-bond acceptors (Lipinski definition) is 3. The highest BCUT2D eigenvalue weighted by Gasteiger charge is 2.67. The number of amides is 3. The Morgan fingerprint density at radius 2 is 1.52 bits per heavy atom. The van der Waals surface area contributed by atoms with Gasteiger partial charge in [0, 0.05) is 5.56 Å². The lowest BCUT2D eigenvalue weighted by Gasteiger charge is -2.37. The maximum Gasteiger partial charge on any atom is 0.270 e. The molecule has 1 aromatic rings. The van der Waals surface area contributed by atoms with Crippen molar-refractivity contribution in [3.05, 3.63) is 48.0 Å². The van der Waals surface area contributed by atoms with Crippen LogP contribution in [0, 0.1) is 35.5 Å². The van der Waals surface area contributed by atoms with Crippen LogP contribution in [0.4, 0.5) is 0 Å². The first-order chi connectivity index (χ1) is 11.2. The van der Waals surface area contributed by atoms with Crippen LogP contribution in [0.1, 0.15) is 16.8 Å². The summed E-state index contributed by atoms with van der Waals surface area (Å²) in [5.41, 5.74) is 2.95. The molecule has 1 N–H and O–H groups in total. The first-order valence-electron chi connectivity index (χ1n) is 8.09. The quantitative estimate of drug-likeness (QED) is 0.663. The zero-order valence-corrected chi connectivity index (χ0v) is 12.4. The van der Waals surface area contributed by atoms with Gasteiger partial charge in [-0.1, -0.05) is 30.4 Å². The molecule has 2 saturated carbocycles. The summed E-state index contributed by atoms with van der Waals surface area (Å²) in [6.07, 6.45) is 5.37. The van der Waals surface area contributed by atoms with Crippen LogP contribution in [-0.2, 0) is 9.59 Å². The Bertz CT molecular complexity index is 721. The molecule has 6 rings (SSSR count). The van der Waals surface area contributed by atoms with Crippen molar-refractivity contribution in [2.45, 2.75) is 6.42 Å². The normalized spacial score (nSPS) is 39.2. The van der Waals surface area contributed by atoms with E-state index in [9.17, 15) is 14.4 Å². The third-order valence-corrected chi connectivity index (χ3v) is 5.91. The van der Waals surface area contributed by atoms with E-state index >= 15 is 0 Å². The van der Waals surface area contributed by atoms with Crippen LogP contribution in [0.25, 0.3) is 0 Å². The minimum Gasteiger partial charge on any atom is -0.272 e. The Morgan fingerprint density at radius 1 is 0.957 bits per heavy atom. The van der Waals surface area contributed by atoms with Crippen LogP contribution in [0.2, 0.25) is 0 Å². The van der Waals surface area contributed by atoms with Crippen LogP contribution >= 0.6 is 0 Å². The Labute approximate surface area is 133 Å². The molecule has 3 amide bonds. The molecule has 1 saturated heterocycles. The van der Waals surface area contributed by atoms with E-state index in [0.29, 0.717) is 17.4 Å². The maximum absolute atomic E-state index is 12.7. The van der Waals surface area contributed by atoms with E-state index in [2.05, 4.69) is 17.6 Å². The van der Waals surface area contributed by atoms with Gasteiger partial charge >= 0.3 is 0 Å². The van der Waals surface area contributed by atoms with Crippen LogP contribution in [0.5, 0.6) is 0 Å². The monoisotopic (exact) mass is 308 g/mol. The molecule has 0 unspecified atom stereocenters. The van der Waals surface area contributed by atoms with E-state index in [4.69, 9.17) is 0 Å². The van der Waals surface area contributed by atoms with Crippen LogP contribution in [0.3, 0.4) is 0 Å². The van der Waals surface area contributed by atoms with Crippen molar-refractivity contribution in [3.8, 4) is 0 Å². The predicted molar refractivity (Wildman–Crippen MR) is 80.5 cm³/mol. The largest absolute Gasteiger partial charge is 0.272 e. The highest BCUT2D eigenvalue weighted by atomic mass is 16.2. The molecule has 3 fully saturated rings. The minimum atomic E-state index is -0.420. The molecule has 1 aromatic carbocycles. The van der Waals surface area contributed by atoms with Gasteiger partial charge in [-0.15, -0.1) is 0 Å². The number of carbonyl (C=O) groups is 3. The van der Waals surface area contributed by atoms with Crippen LogP contribution in [-0.4, -0.2) is 22.7 Å². The summed E-state index contributed by atoms with van der Waals surface area (Å²) in [6, 6.07) is 8.63. The zero-order valence-electron chi connectivity index (χ0n) is 12.4. The van der Waals surface area contributed by atoms with E-state index in [0.717, 1.165) is 11.4 Å². The molecule has 4 aliphatic carbocycles. The molecule has 0 radical (unpaired) electrons. The molecule has 0 aromatic heterocycles. The zero-order chi connectivity index (χ0) is 15.7. The van der Waals surface area contributed by atoms with Crippen molar-refractivity contribution >= 4 is 17.7 Å². The van der Waals surface area contributed by atoms with E-state index in [1.54, 1.807) is 24.3 Å². The number of allylic oxidation sites excluding steroid dienone is 2. The molecule has 5 nitrogen and oxygen atoms in total. The van der Waals surface area contributed by atoms with E-state index in [-0.39, 0.29) is 35.5 Å². The number of nitrogens with one attached hydrogen (secondary N) is 1. The van der Waals surface area contributed by atoms with Crippen molar-refractivity contribution in [3.63, 3.8) is 0 Å². The summed E-state index contributed by atoms with van der Waals surface area (Å²) >= 11 is 0. The Balaban J connectivity index is 1.42. The van der Waals surface area contributed by atoms with Gasteiger partial charge < -0.3 is 0 Å². The summed E-state index contributed by atoms with van der Waals surface area (Å²) in [6.45, 7) is 0. The van der Waals surface area contributed by atoms with Crippen LogP contribution in [0.15, 0.2) is 42.5 Å². The van der Waals surface area contributed by atoms with Crippen molar-refractivity contribution in [1.82, 2.24) is 10.4 Å². The summed E-state index contributed by atoms with van der Waals surface area (Å²) in [7, 11) is 0. The molecule has 23 heavy (non-hydrogen) atoms.